The molecule has 0 atom stereocenters. The SMILES string of the molecule is C#Cc1c(C)cccc1NS(=O)(=O)c1ccc(C)cc1. The van der Waals surface area contributed by atoms with E-state index in [0.717, 1.165) is 11.1 Å². The molecule has 4 heteroatoms. The Kier molecular flexibility index (Phi) is 3.82. The first kappa shape index (κ1) is 14.2. The lowest BCUT2D eigenvalue weighted by Crippen LogP contribution is -2.14. The number of anilines is 1. The summed E-state index contributed by atoms with van der Waals surface area (Å²) >= 11 is 0. The van der Waals surface area contributed by atoms with Gasteiger partial charge in [-0.3, -0.25) is 4.72 Å². The zero-order valence-corrected chi connectivity index (χ0v) is 12.2. The normalized spacial score (nSPS) is 10.8. The van der Waals surface area contributed by atoms with Crippen LogP contribution < -0.4 is 4.72 Å². The molecule has 0 radical (unpaired) electrons. The summed E-state index contributed by atoms with van der Waals surface area (Å²) < 4.78 is 27.2. The summed E-state index contributed by atoms with van der Waals surface area (Å²) in [5, 5.41) is 0. The topological polar surface area (TPSA) is 46.2 Å². The van der Waals surface area contributed by atoms with Crippen LogP contribution in [0.4, 0.5) is 5.69 Å². The summed E-state index contributed by atoms with van der Waals surface area (Å²) in [6, 6.07) is 11.9. The van der Waals surface area contributed by atoms with Crippen molar-refractivity contribution >= 4 is 15.7 Å². The summed E-state index contributed by atoms with van der Waals surface area (Å²) in [5.74, 6) is 2.52. The molecule has 0 aliphatic heterocycles. The van der Waals surface area contributed by atoms with Crippen molar-refractivity contribution in [2.75, 3.05) is 4.72 Å². The van der Waals surface area contributed by atoms with Crippen molar-refractivity contribution in [3.05, 3.63) is 59.2 Å². The van der Waals surface area contributed by atoms with Crippen LogP contribution in [0.5, 0.6) is 0 Å². The average Bonchev–Trinajstić information content (AvgIpc) is 2.39. The molecule has 0 aromatic heterocycles. The van der Waals surface area contributed by atoms with E-state index < -0.39 is 10.0 Å². The maximum Gasteiger partial charge on any atom is 0.261 e. The number of benzene rings is 2. The van der Waals surface area contributed by atoms with E-state index in [4.69, 9.17) is 6.42 Å². The van der Waals surface area contributed by atoms with Crippen LogP contribution in [0.2, 0.25) is 0 Å². The second kappa shape index (κ2) is 5.40. The smallest absolute Gasteiger partial charge is 0.261 e. The summed E-state index contributed by atoms with van der Waals surface area (Å²) in [6.45, 7) is 3.75. The second-order valence-corrected chi connectivity index (χ2v) is 6.24. The fraction of sp³-hybridized carbons (Fsp3) is 0.125. The fourth-order valence-electron chi connectivity index (χ4n) is 1.87. The van der Waals surface area contributed by atoms with Gasteiger partial charge in [-0.15, -0.1) is 6.42 Å². The van der Waals surface area contributed by atoms with E-state index in [1.807, 2.05) is 19.9 Å². The number of hydrogen-bond donors (Lipinski definition) is 1. The molecule has 3 nitrogen and oxygen atoms in total. The molecule has 1 N–H and O–H groups in total. The third-order valence-electron chi connectivity index (χ3n) is 2.99. The van der Waals surface area contributed by atoms with Gasteiger partial charge in [0.2, 0.25) is 0 Å². The van der Waals surface area contributed by atoms with Crippen molar-refractivity contribution in [3.63, 3.8) is 0 Å². The van der Waals surface area contributed by atoms with Gasteiger partial charge in [0, 0.05) is 0 Å². The minimum Gasteiger partial charge on any atom is -0.278 e. The van der Waals surface area contributed by atoms with Crippen LogP contribution >= 0.6 is 0 Å². The Balaban J connectivity index is 2.42. The molecule has 0 amide bonds. The highest BCUT2D eigenvalue weighted by atomic mass is 32.2. The molecule has 0 fully saturated rings. The highest BCUT2D eigenvalue weighted by molar-refractivity contribution is 7.92. The Hall–Kier alpha value is -2.25. The summed E-state index contributed by atoms with van der Waals surface area (Å²) in [4.78, 5) is 0.215. The molecule has 0 saturated carbocycles. The van der Waals surface area contributed by atoms with Crippen LogP contribution in [-0.2, 0) is 10.0 Å². The Morgan fingerprint density at radius 1 is 1.05 bits per heavy atom. The predicted molar refractivity (Wildman–Crippen MR) is 81.1 cm³/mol. The monoisotopic (exact) mass is 285 g/mol. The molecule has 102 valence electrons. The Labute approximate surface area is 119 Å². The molecular weight excluding hydrogens is 270 g/mol. The zero-order valence-electron chi connectivity index (χ0n) is 11.3. The van der Waals surface area contributed by atoms with Gasteiger partial charge in [-0.2, -0.15) is 0 Å². The van der Waals surface area contributed by atoms with Crippen LogP contribution in [0.15, 0.2) is 47.4 Å². The lowest BCUT2D eigenvalue weighted by Gasteiger charge is -2.11. The number of terminal acetylenes is 1. The minimum absolute atomic E-state index is 0.215. The number of aryl methyl sites for hydroxylation is 2. The van der Waals surface area contributed by atoms with Gasteiger partial charge in [-0.25, -0.2) is 8.42 Å². The summed E-state index contributed by atoms with van der Waals surface area (Å²) in [6.07, 6.45) is 5.44. The zero-order chi connectivity index (χ0) is 14.8. The van der Waals surface area contributed by atoms with E-state index in [1.165, 1.54) is 0 Å². The van der Waals surface area contributed by atoms with Gasteiger partial charge in [0.15, 0.2) is 0 Å². The van der Waals surface area contributed by atoms with E-state index >= 15 is 0 Å². The second-order valence-electron chi connectivity index (χ2n) is 4.56. The van der Waals surface area contributed by atoms with Gasteiger partial charge in [-0.05, 0) is 37.6 Å². The fourth-order valence-corrected chi connectivity index (χ4v) is 2.94. The van der Waals surface area contributed by atoms with E-state index in [0.29, 0.717) is 11.3 Å². The molecule has 0 bridgehead atoms. The highest BCUT2D eigenvalue weighted by Crippen LogP contribution is 2.22. The molecule has 0 unspecified atom stereocenters. The van der Waals surface area contributed by atoms with Gasteiger partial charge < -0.3 is 0 Å². The minimum atomic E-state index is -3.62. The molecule has 2 rings (SSSR count). The molecule has 0 spiro atoms. The van der Waals surface area contributed by atoms with Crippen LogP contribution in [0.3, 0.4) is 0 Å². The molecule has 0 aliphatic carbocycles. The third-order valence-corrected chi connectivity index (χ3v) is 4.37. The number of sulfonamides is 1. The van der Waals surface area contributed by atoms with Crippen molar-refractivity contribution in [1.82, 2.24) is 0 Å². The average molecular weight is 285 g/mol. The predicted octanol–water partition coefficient (Wildman–Crippen LogP) is 3.09. The first-order valence-electron chi connectivity index (χ1n) is 6.10. The van der Waals surface area contributed by atoms with Crippen molar-refractivity contribution < 1.29 is 8.42 Å². The highest BCUT2D eigenvalue weighted by Gasteiger charge is 2.15. The standard InChI is InChI=1S/C16H15NO2S/c1-4-15-13(3)6-5-7-16(15)17-20(18,19)14-10-8-12(2)9-11-14/h1,5-11,17H,2-3H3. The molecule has 0 aliphatic rings. The van der Waals surface area contributed by atoms with Crippen molar-refractivity contribution in [1.29, 1.82) is 0 Å². The van der Waals surface area contributed by atoms with Crippen LogP contribution in [0, 0.1) is 26.2 Å². The van der Waals surface area contributed by atoms with Gasteiger partial charge in [-0.1, -0.05) is 35.7 Å². The van der Waals surface area contributed by atoms with Gasteiger partial charge in [0.25, 0.3) is 10.0 Å². The molecule has 20 heavy (non-hydrogen) atoms. The maximum absolute atomic E-state index is 12.3. The van der Waals surface area contributed by atoms with Crippen molar-refractivity contribution in [3.8, 4) is 12.3 Å². The molecule has 2 aromatic rings. The Bertz CT molecular complexity index is 769. The van der Waals surface area contributed by atoms with Gasteiger partial charge >= 0.3 is 0 Å². The van der Waals surface area contributed by atoms with Gasteiger partial charge in [0.05, 0.1) is 16.1 Å². The molecular formula is C16H15NO2S. The lowest BCUT2D eigenvalue weighted by molar-refractivity contribution is 0.601. The summed E-state index contributed by atoms with van der Waals surface area (Å²) in [7, 11) is -3.62. The first-order valence-corrected chi connectivity index (χ1v) is 7.58. The Morgan fingerprint density at radius 2 is 1.70 bits per heavy atom. The van der Waals surface area contributed by atoms with Gasteiger partial charge in [0.1, 0.15) is 0 Å². The van der Waals surface area contributed by atoms with Crippen molar-refractivity contribution in [2.24, 2.45) is 0 Å². The molecule has 0 heterocycles. The van der Waals surface area contributed by atoms with Crippen molar-refractivity contribution in [2.45, 2.75) is 18.7 Å². The van der Waals surface area contributed by atoms with E-state index in [-0.39, 0.29) is 4.90 Å². The lowest BCUT2D eigenvalue weighted by atomic mass is 10.1. The third kappa shape index (κ3) is 2.84. The number of rotatable bonds is 3. The van der Waals surface area contributed by atoms with E-state index in [1.54, 1.807) is 36.4 Å². The van der Waals surface area contributed by atoms with E-state index in [2.05, 4.69) is 10.6 Å². The first-order chi connectivity index (χ1) is 9.44. The van der Waals surface area contributed by atoms with Crippen LogP contribution in [-0.4, -0.2) is 8.42 Å². The van der Waals surface area contributed by atoms with E-state index in [9.17, 15) is 8.42 Å². The summed E-state index contributed by atoms with van der Waals surface area (Å²) in [5.41, 5.74) is 2.84. The largest absolute Gasteiger partial charge is 0.278 e. The number of hydrogen-bond acceptors (Lipinski definition) is 2. The Morgan fingerprint density at radius 3 is 2.30 bits per heavy atom. The molecule has 2 aromatic carbocycles. The maximum atomic E-state index is 12.3. The number of nitrogens with one attached hydrogen (secondary N) is 1. The molecule has 0 saturated heterocycles. The quantitative estimate of drug-likeness (QED) is 0.881. The van der Waals surface area contributed by atoms with Crippen LogP contribution in [0.25, 0.3) is 0 Å². The van der Waals surface area contributed by atoms with Crippen LogP contribution in [0.1, 0.15) is 16.7 Å².